The van der Waals surface area contributed by atoms with Crippen LogP contribution in [0.3, 0.4) is 0 Å². The van der Waals surface area contributed by atoms with Gasteiger partial charge in [-0.1, -0.05) is 13.0 Å². The van der Waals surface area contributed by atoms with Gasteiger partial charge in [0.15, 0.2) is 0 Å². The number of nitrogens with zero attached hydrogens (tertiary/aromatic N) is 1. The van der Waals surface area contributed by atoms with Crippen molar-refractivity contribution in [2.75, 3.05) is 26.8 Å². The van der Waals surface area contributed by atoms with Gasteiger partial charge < -0.3 is 15.8 Å². The van der Waals surface area contributed by atoms with Crippen molar-refractivity contribution < 1.29 is 4.74 Å². The van der Waals surface area contributed by atoms with Crippen LogP contribution in [0.5, 0.6) is 0 Å². The number of nitrogens with one attached hydrogen (secondary N) is 1. The molecule has 0 spiro atoms. The van der Waals surface area contributed by atoms with Crippen LogP contribution in [0.1, 0.15) is 27.2 Å². The van der Waals surface area contributed by atoms with Gasteiger partial charge in [0, 0.05) is 19.7 Å². The second-order valence-corrected chi connectivity index (χ2v) is 4.56. The number of methoxy groups -OCH3 is 1. The number of hydrogen-bond donors (Lipinski definition) is 2. The van der Waals surface area contributed by atoms with Crippen LogP contribution in [-0.2, 0) is 4.74 Å². The summed E-state index contributed by atoms with van der Waals surface area (Å²) < 4.78 is 5.07. The predicted octanol–water partition coefficient (Wildman–Crippen LogP) is 1.70. The van der Waals surface area contributed by atoms with Crippen LogP contribution in [0, 0.1) is 0 Å². The molecule has 0 aromatic carbocycles. The van der Waals surface area contributed by atoms with Crippen molar-refractivity contribution in [3.05, 3.63) is 24.4 Å². The molecule has 0 saturated heterocycles. The molecule has 0 aliphatic carbocycles. The maximum Gasteiger partial charge on any atom is 0.0808 e. The molecule has 0 saturated carbocycles. The lowest BCUT2D eigenvalue weighted by Gasteiger charge is -2.28. The molecule has 18 heavy (non-hydrogen) atoms. The summed E-state index contributed by atoms with van der Waals surface area (Å²) in [7, 11) is 1.70. The topological polar surface area (TPSA) is 50.5 Å². The van der Waals surface area contributed by atoms with Crippen LogP contribution in [0.2, 0.25) is 0 Å². The average molecular weight is 255 g/mol. The predicted molar refractivity (Wildman–Crippen MR) is 78.3 cm³/mol. The van der Waals surface area contributed by atoms with E-state index < -0.39 is 0 Å². The zero-order valence-electron chi connectivity index (χ0n) is 12.3. The van der Waals surface area contributed by atoms with Crippen LogP contribution < -0.4 is 11.1 Å². The van der Waals surface area contributed by atoms with Crippen molar-refractivity contribution in [3.8, 4) is 0 Å². The molecular weight excluding hydrogens is 226 g/mol. The van der Waals surface area contributed by atoms with Crippen LogP contribution in [0.4, 0.5) is 0 Å². The highest BCUT2D eigenvalue weighted by Crippen LogP contribution is 2.05. The molecule has 0 heterocycles. The Morgan fingerprint density at radius 1 is 1.56 bits per heavy atom. The van der Waals surface area contributed by atoms with Gasteiger partial charge in [0.2, 0.25) is 0 Å². The summed E-state index contributed by atoms with van der Waals surface area (Å²) in [5, 5.41) is 3.29. The van der Waals surface area contributed by atoms with Crippen LogP contribution in [0.25, 0.3) is 0 Å². The summed E-state index contributed by atoms with van der Waals surface area (Å²) in [4.78, 5) is 2.23. The van der Waals surface area contributed by atoms with E-state index >= 15 is 0 Å². The molecule has 0 bridgehead atoms. The third kappa shape index (κ3) is 6.79. The SMILES string of the molecule is C=CCCN(CC)C(N)/C(C)=C/N[C@H](C)COC. The minimum absolute atomic E-state index is 0.0443. The minimum Gasteiger partial charge on any atom is -0.386 e. The number of hydrogen-bond acceptors (Lipinski definition) is 4. The first-order valence-electron chi connectivity index (χ1n) is 6.58. The number of nitrogens with two attached hydrogens (primary N) is 1. The molecule has 0 radical (unpaired) electrons. The smallest absolute Gasteiger partial charge is 0.0808 e. The summed E-state index contributed by atoms with van der Waals surface area (Å²) in [6.45, 7) is 12.6. The zero-order valence-corrected chi connectivity index (χ0v) is 12.3. The minimum atomic E-state index is -0.0443. The molecule has 106 valence electrons. The molecule has 4 heteroatoms. The molecule has 3 N–H and O–H groups in total. The molecule has 4 nitrogen and oxygen atoms in total. The molecule has 1 unspecified atom stereocenters. The lowest BCUT2D eigenvalue weighted by atomic mass is 10.2. The highest BCUT2D eigenvalue weighted by Gasteiger charge is 2.13. The van der Waals surface area contributed by atoms with Gasteiger partial charge in [-0.3, -0.25) is 4.90 Å². The van der Waals surface area contributed by atoms with Gasteiger partial charge in [0.25, 0.3) is 0 Å². The van der Waals surface area contributed by atoms with E-state index in [4.69, 9.17) is 10.5 Å². The fraction of sp³-hybridized carbons (Fsp3) is 0.714. The lowest BCUT2D eigenvalue weighted by Crippen LogP contribution is -2.43. The first kappa shape index (κ1) is 17.2. The van der Waals surface area contributed by atoms with E-state index in [-0.39, 0.29) is 6.17 Å². The number of likely N-dealkylation sites (N-methyl/N-ethyl adjacent to an activating group) is 1. The standard InChI is InChI=1S/C14H29N3O/c1-6-8-9-17(7-2)14(15)12(3)10-16-13(4)11-18-5/h6,10,13-14,16H,1,7-9,11,15H2,2-5H3/b12-10+/t13-,14?/m1/s1. The Balaban J connectivity index is 4.30. The van der Waals surface area contributed by atoms with E-state index in [0.29, 0.717) is 12.6 Å². The summed E-state index contributed by atoms with van der Waals surface area (Å²) in [5.41, 5.74) is 7.35. The van der Waals surface area contributed by atoms with E-state index in [1.807, 2.05) is 19.2 Å². The molecule has 0 aromatic rings. The van der Waals surface area contributed by atoms with Gasteiger partial charge in [-0.2, -0.15) is 0 Å². The van der Waals surface area contributed by atoms with Crippen molar-refractivity contribution in [3.63, 3.8) is 0 Å². The van der Waals surface area contributed by atoms with Gasteiger partial charge in [-0.25, -0.2) is 0 Å². The Morgan fingerprint density at radius 3 is 2.72 bits per heavy atom. The molecule has 0 fully saturated rings. The fourth-order valence-electron chi connectivity index (χ4n) is 1.70. The molecule has 2 atom stereocenters. The first-order chi connectivity index (χ1) is 8.56. The third-order valence-corrected chi connectivity index (χ3v) is 2.90. The van der Waals surface area contributed by atoms with Gasteiger partial charge in [0.05, 0.1) is 12.8 Å². The van der Waals surface area contributed by atoms with E-state index in [9.17, 15) is 0 Å². The van der Waals surface area contributed by atoms with E-state index in [2.05, 4.69) is 30.6 Å². The van der Waals surface area contributed by atoms with Crippen LogP contribution >= 0.6 is 0 Å². The Labute approximate surface area is 112 Å². The molecule has 0 aliphatic heterocycles. The monoisotopic (exact) mass is 255 g/mol. The van der Waals surface area contributed by atoms with Crippen molar-refractivity contribution in [2.24, 2.45) is 5.73 Å². The molecule has 0 amide bonds. The second-order valence-electron chi connectivity index (χ2n) is 4.56. The van der Waals surface area contributed by atoms with Crippen molar-refractivity contribution in [1.82, 2.24) is 10.2 Å². The Hall–Kier alpha value is -0.840. The summed E-state index contributed by atoms with van der Waals surface area (Å²) in [6.07, 6.45) is 4.83. The number of rotatable bonds is 10. The molecular formula is C14H29N3O. The molecule has 0 aromatic heterocycles. The summed E-state index contributed by atoms with van der Waals surface area (Å²) in [5.74, 6) is 0. The van der Waals surface area contributed by atoms with Crippen LogP contribution in [-0.4, -0.2) is 43.9 Å². The zero-order chi connectivity index (χ0) is 14.0. The maximum absolute atomic E-state index is 6.23. The van der Waals surface area contributed by atoms with Crippen molar-refractivity contribution in [2.45, 2.75) is 39.4 Å². The Bertz CT molecular complexity index is 253. The number of ether oxygens (including phenoxy) is 1. The van der Waals surface area contributed by atoms with Gasteiger partial charge in [0.1, 0.15) is 0 Å². The lowest BCUT2D eigenvalue weighted by molar-refractivity contribution is 0.177. The third-order valence-electron chi connectivity index (χ3n) is 2.90. The fourth-order valence-corrected chi connectivity index (χ4v) is 1.70. The Morgan fingerprint density at radius 2 is 2.22 bits per heavy atom. The van der Waals surface area contributed by atoms with Crippen molar-refractivity contribution >= 4 is 0 Å². The highest BCUT2D eigenvalue weighted by molar-refractivity contribution is 5.05. The molecule has 0 aliphatic rings. The maximum atomic E-state index is 6.23. The first-order valence-corrected chi connectivity index (χ1v) is 6.58. The quantitative estimate of drug-likeness (QED) is 0.461. The van der Waals surface area contributed by atoms with E-state index in [1.54, 1.807) is 7.11 Å². The van der Waals surface area contributed by atoms with Gasteiger partial charge in [-0.15, -0.1) is 6.58 Å². The largest absolute Gasteiger partial charge is 0.386 e. The Kier molecular flexibility index (Phi) is 9.64. The summed E-state index contributed by atoms with van der Waals surface area (Å²) >= 11 is 0. The summed E-state index contributed by atoms with van der Waals surface area (Å²) in [6, 6.07) is 0.292. The van der Waals surface area contributed by atoms with Crippen molar-refractivity contribution in [1.29, 1.82) is 0 Å². The van der Waals surface area contributed by atoms with E-state index in [0.717, 1.165) is 25.1 Å². The van der Waals surface area contributed by atoms with Gasteiger partial charge >= 0.3 is 0 Å². The van der Waals surface area contributed by atoms with E-state index in [1.165, 1.54) is 0 Å². The average Bonchev–Trinajstić information content (AvgIpc) is 2.36. The molecule has 0 rings (SSSR count). The normalized spacial score (nSPS) is 15.6. The van der Waals surface area contributed by atoms with Gasteiger partial charge in [-0.05, 0) is 38.6 Å². The second kappa shape index (κ2) is 10.1. The van der Waals surface area contributed by atoms with Crippen LogP contribution in [0.15, 0.2) is 24.4 Å². The highest BCUT2D eigenvalue weighted by atomic mass is 16.5.